The zero-order chi connectivity index (χ0) is 29.5. The van der Waals surface area contributed by atoms with E-state index >= 15 is 0 Å². The van der Waals surface area contributed by atoms with Crippen molar-refractivity contribution in [2.24, 2.45) is 0 Å². The molecule has 0 unspecified atom stereocenters. The second-order valence-electron chi connectivity index (χ2n) is 12.1. The summed E-state index contributed by atoms with van der Waals surface area (Å²) in [7, 11) is 0. The average Bonchev–Trinajstić information content (AvgIpc) is 3.47. The Morgan fingerprint density at radius 2 is 0.778 bits per heavy atom. The van der Waals surface area contributed by atoms with E-state index in [0.717, 1.165) is 0 Å². The van der Waals surface area contributed by atoms with Crippen LogP contribution in [0.15, 0.2) is 158 Å². The summed E-state index contributed by atoms with van der Waals surface area (Å²) >= 11 is 1.89. The number of hydrogen-bond donors (Lipinski definition) is 0. The third-order valence-corrected chi connectivity index (χ3v) is 10.7. The molecule has 1 aromatic heterocycles. The van der Waals surface area contributed by atoms with E-state index in [-0.39, 0.29) is 0 Å². The third-order valence-electron chi connectivity index (χ3n) is 9.62. The van der Waals surface area contributed by atoms with Gasteiger partial charge in [-0.05, 0) is 94.7 Å². The SMILES string of the molecule is c1ccc(-c2ccc3c(c2)sc2cc(-c4ccc5ccc6c(-c7ccc8ccccc8c7)ccc7ccc4c5c76)ccc23)cc1. The Balaban J connectivity index is 1.15. The first-order valence-electron chi connectivity index (χ1n) is 15.5. The van der Waals surface area contributed by atoms with E-state index in [0.29, 0.717) is 0 Å². The topological polar surface area (TPSA) is 0 Å². The van der Waals surface area contributed by atoms with Gasteiger partial charge in [0.2, 0.25) is 0 Å². The first-order valence-corrected chi connectivity index (χ1v) is 16.3. The first kappa shape index (κ1) is 24.9. The Kier molecular flexibility index (Phi) is 5.25. The van der Waals surface area contributed by atoms with Crippen LogP contribution in [0, 0.1) is 0 Å². The zero-order valence-corrected chi connectivity index (χ0v) is 25.2. The molecule has 10 aromatic rings. The minimum atomic E-state index is 1.26. The predicted octanol–water partition coefficient (Wildman–Crippen LogP) is 13.1. The van der Waals surface area contributed by atoms with E-state index in [1.54, 1.807) is 0 Å². The van der Waals surface area contributed by atoms with Gasteiger partial charge in [0.1, 0.15) is 0 Å². The summed E-state index contributed by atoms with van der Waals surface area (Å²) in [5.41, 5.74) is 7.63. The van der Waals surface area contributed by atoms with E-state index in [4.69, 9.17) is 0 Å². The molecule has 10 rings (SSSR count). The molecule has 0 N–H and O–H groups in total. The summed E-state index contributed by atoms with van der Waals surface area (Å²) in [6.07, 6.45) is 0. The van der Waals surface area contributed by atoms with Crippen LogP contribution in [0.25, 0.3) is 96.6 Å². The van der Waals surface area contributed by atoms with Crippen LogP contribution in [0.3, 0.4) is 0 Å². The smallest absolute Gasteiger partial charge is 0.0361 e. The fourth-order valence-corrected chi connectivity index (χ4v) is 8.60. The van der Waals surface area contributed by atoms with E-state index in [1.807, 2.05) is 11.3 Å². The molecule has 0 atom stereocenters. The van der Waals surface area contributed by atoms with Gasteiger partial charge in [-0.25, -0.2) is 0 Å². The highest BCUT2D eigenvalue weighted by Crippen LogP contribution is 2.44. The normalized spacial score (nSPS) is 12.0. The van der Waals surface area contributed by atoms with Gasteiger partial charge in [-0.1, -0.05) is 140 Å². The molecule has 0 aliphatic heterocycles. The van der Waals surface area contributed by atoms with Crippen LogP contribution in [0.1, 0.15) is 0 Å². The molecule has 0 saturated carbocycles. The van der Waals surface area contributed by atoms with E-state index in [2.05, 4.69) is 158 Å². The van der Waals surface area contributed by atoms with E-state index in [9.17, 15) is 0 Å². The highest BCUT2D eigenvalue weighted by molar-refractivity contribution is 7.25. The Morgan fingerprint density at radius 1 is 0.289 bits per heavy atom. The summed E-state index contributed by atoms with van der Waals surface area (Å²) in [5, 5.41) is 13.1. The highest BCUT2D eigenvalue weighted by atomic mass is 32.1. The molecule has 0 spiro atoms. The number of rotatable bonds is 3. The van der Waals surface area contributed by atoms with Crippen LogP contribution in [-0.4, -0.2) is 0 Å². The molecule has 0 radical (unpaired) electrons. The fraction of sp³-hybridized carbons (Fsp3) is 0. The molecule has 45 heavy (non-hydrogen) atoms. The maximum atomic E-state index is 2.40. The monoisotopic (exact) mass is 586 g/mol. The minimum Gasteiger partial charge on any atom is -0.135 e. The van der Waals surface area contributed by atoms with Crippen LogP contribution in [-0.2, 0) is 0 Å². The maximum Gasteiger partial charge on any atom is 0.0361 e. The highest BCUT2D eigenvalue weighted by Gasteiger charge is 2.16. The van der Waals surface area contributed by atoms with E-state index in [1.165, 1.54) is 96.6 Å². The van der Waals surface area contributed by atoms with Gasteiger partial charge < -0.3 is 0 Å². The summed E-state index contributed by atoms with van der Waals surface area (Å²) in [6.45, 7) is 0. The van der Waals surface area contributed by atoms with Gasteiger partial charge in [0.25, 0.3) is 0 Å². The van der Waals surface area contributed by atoms with Gasteiger partial charge in [0.05, 0.1) is 0 Å². The number of hydrogen-bond acceptors (Lipinski definition) is 1. The van der Waals surface area contributed by atoms with Crippen LogP contribution < -0.4 is 0 Å². The quantitative estimate of drug-likeness (QED) is 0.181. The Bertz CT molecular complexity index is 2750. The van der Waals surface area contributed by atoms with Crippen molar-refractivity contribution in [1.82, 2.24) is 0 Å². The lowest BCUT2D eigenvalue weighted by Crippen LogP contribution is -1.89. The standard InChI is InChI=1S/C44H26S/c1-2-6-27(7-3-1)32-16-20-37-38-21-17-34(26-42(38)45-41(37)25-32)36-19-13-30-14-22-39-35(18-12-29-15-23-40(36)44(30)43(29)39)33-11-10-28-8-4-5-9-31(28)24-33/h1-26H. The van der Waals surface area contributed by atoms with Crippen molar-refractivity contribution in [2.45, 2.75) is 0 Å². The summed E-state index contributed by atoms with van der Waals surface area (Å²) < 4.78 is 2.66. The summed E-state index contributed by atoms with van der Waals surface area (Å²) in [5.74, 6) is 0. The summed E-state index contributed by atoms with van der Waals surface area (Å²) in [6, 6.07) is 58.5. The molecule has 1 heterocycles. The third kappa shape index (κ3) is 3.78. The molecule has 0 amide bonds. The fourth-order valence-electron chi connectivity index (χ4n) is 7.42. The molecular formula is C44H26S. The second-order valence-corrected chi connectivity index (χ2v) is 13.2. The Morgan fingerprint density at radius 3 is 1.47 bits per heavy atom. The van der Waals surface area contributed by atoms with E-state index < -0.39 is 0 Å². The molecular weight excluding hydrogens is 561 g/mol. The maximum absolute atomic E-state index is 2.40. The number of thiophene rings is 1. The second kappa shape index (κ2) is 9.50. The van der Waals surface area contributed by atoms with Gasteiger partial charge in [-0.2, -0.15) is 0 Å². The van der Waals surface area contributed by atoms with Crippen LogP contribution >= 0.6 is 11.3 Å². The van der Waals surface area contributed by atoms with Crippen molar-refractivity contribution >= 4 is 74.6 Å². The van der Waals surface area contributed by atoms with Crippen molar-refractivity contribution < 1.29 is 0 Å². The number of fused-ring (bicyclic) bond motifs is 4. The lowest BCUT2D eigenvalue weighted by atomic mass is 9.87. The Labute approximate surface area is 264 Å². The van der Waals surface area contributed by atoms with Crippen molar-refractivity contribution in [3.8, 4) is 33.4 Å². The molecule has 208 valence electrons. The number of benzene rings is 9. The van der Waals surface area contributed by atoms with Crippen molar-refractivity contribution in [1.29, 1.82) is 0 Å². The Hall–Kier alpha value is -5.50. The molecule has 0 aliphatic carbocycles. The minimum absolute atomic E-state index is 1.26. The molecule has 9 aromatic carbocycles. The van der Waals surface area contributed by atoms with Crippen LogP contribution in [0.5, 0.6) is 0 Å². The molecule has 0 nitrogen and oxygen atoms in total. The molecule has 0 aliphatic rings. The van der Waals surface area contributed by atoms with Gasteiger partial charge in [0, 0.05) is 20.2 Å². The van der Waals surface area contributed by atoms with Gasteiger partial charge in [-0.3, -0.25) is 0 Å². The van der Waals surface area contributed by atoms with Crippen LogP contribution in [0.2, 0.25) is 0 Å². The molecule has 0 fully saturated rings. The summed E-state index contributed by atoms with van der Waals surface area (Å²) in [4.78, 5) is 0. The van der Waals surface area contributed by atoms with Gasteiger partial charge in [-0.15, -0.1) is 11.3 Å². The molecule has 0 bridgehead atoms. The van der Waals surface area contributed by atoms with Crippen molar-refractivity contribution in [3.05, 3.63) is 158 Å². The zero-order valence-electron chi connectivity index (χ0n) is 24.4. The van der Waals surface area contributed by atoms with Gasteiger partial charge >= 0.3 is 0 Å². The van der Waals surface area contributed by atoms with Gasteiger partial charge in [0.15, 0.2) is 0 Å². The predicted molar refractivity (Wildman–Crippen MR) is 197 cm³/mol. The van der Waals surface area contributed by atoms with Crippen molar-refractivity contribution in [2.75, 3.05) is 0 Å². The first-order chi connectivity index (χ1) is 22.3. The van der Waals surface area contributed by atoms with Crippen LogP contribution in [0.4, 0.5) is 0 Å². The molecule has 1 heteroatoms. The lowest BCUT2D eigenvalue weighted by molar-refractivity contribution is 1.66. The van der Waals surface area contributed by atoms with Crippen molar-refractivity contribution in [3.63, 3.8) is 0 Å². The average molecular weight is 587 g/mol. The molecule has 0 saturated heterocycles. The lowest BCUT2D eigenvalue weighted by Gasteiger charge is -2.17. The largest absolute Gasteiger partial charge is 0.135 e.